The van der Waals surface area contributed by atoms with Gasteiger partial charge in [0.25, 0.3) is 0 Å². The van der Waals surface area contributed by atoms with Crippen molar-refractivity contribution < 1.29 is 38.2 Å². The van der Waals surface area contributed by atoms with E-state index in [1.165, 1.54) is 17.9 Å². The number of hydrogen-bond acceptors (Lipinski definition) is 7. The van der Waals surface area contributed by atoms with Gasteiger partial charge in [-0.1, -0.05) is 0 Å². The molecule has 2 aliphatic rings. The summed E-state index contributed by atoms with van der Waals surface area (Å²) in [5, 5.41) is 12.4. The van der Waals surface area contributed by atoms with E-state index in [4.69, 9.17) is 14.7 Å². The van der Waals surface area contributed by atoms with Gasteiger partial charge in [0, 0.05) is 26.4 Å². The van der Waals surface area contributed by atoms with Gasteiger partial charge in [-0.05, 0) is 18.2 Å². The highest BCUT2D eigenvalue weighted by Gasteiger charge is 2.33. The third-order valence-corrected chi connectivity index (χ3v) is 5.05. The fourth-order valence-corrected chi connectivity index (χ4v) is 3.44. The molecule has 32 heavy (non-hydrogen) atoms. The molecule has 2 fully saturated rings. The fraction of sp³-hybridized carbons (Fsp3) is 0.500. The molecule has 2 N–H and O–H groups in total. The van der Waals surface area contributed by atoms with Crippen molar-refractivity contribution in [2.24, 2.45) is 0 Å². The summed E-state index contributed by atoms with van der Waals surface area (Å²) in [6, 6.07) is 4.38. The zero-order valence-corrected chi connectivity index (χ0v) is 17.6. The number of carbonyl (C=O) groups is 4. The first-order valence-electron chi connectivity index (χ1n) is 10.2. The highest BCUT2D eigenvalue weighted by molar-refractivity contribution is 5.90. The molecule has 0 radical (unpaired) electrons. The van der Waals surface area contributed by atoms with E-state index in [9.17, 15) is 23.6 Å². The SMILES string of the molecule is CC(=O)NCC1CN(c2ccc(N3CCON(C(=O)CCC(=O)O)CC3)c(F)c2)C(=O)O1. The number of hydrogen-bond donors (Lipinski definition) is 2. The molecule has 3 amide bonds. The van der Waals surface area contributed by atoms with Crippen LogP contribution in [0, 0.1) is 5.82 Å². The number of carboxylic acids is 1. The lowest BCUT2D eigenvalue weighted by Crippen LogP contribution is -2.34. The third-order valence-electron chi connectivity index (χ3n) is 5.05. The minimum atomic E-state index is -1.07. The number of halogens is 1. The molecule has 2 heterocycles. The Hall–Kier alpha value is -3.41. The van der Waals surface area contributed by atoms with Crippen molar-refractivity contribution in [1.29, 1.82) is 0 Å². The summed E-state index contributed by atoms with van der Waals surface area (Å²) >= 11 is 0. The number of carbonyl (C=O) groups excluding carboxylic acids is 3. The fourth-order valence-electron chi connectivity index (χ4n) is 3.44. The first-order chi connectivity index (χ1) is 15.2. The molecule has 1 aromatic rings. The van der Waals surface area contributed by atoms with Crippen LogP contribution in [0.25, 0.3) is 0 Å². The summed E-state index contributed by atoms with van der Waals surface area (Å²) in [6.07, 6.45) is -1.61. The molecular formula is C20H25FN4O7. The molecule has 0 bridgehead atoms. The van der Waals surface area contributed by atoms with Gasteiger partial charge in [0.05, 0.1) is 44.0 Å². The summed E-state index contributed by atoms with van der Waals surface area (Å²) < 4.78 is 20.1. The predicted octanol–water partition coefficient (Wildman–Crippen LogP) is 0.732. The number of rotatable bonds is 7. The number of benzene rings is 1. The van der Waals surface area contributed by atoms with E-state index in [2.05, 4.69) is 5.32 Å². The lowest BCUT2D eigenvalue weighted by atomic mass is 10.2. The number of cyclic esters (lactones) is 1. The Morgan fingerprint density at radius 3 is 2.69 bits per heavy atom. The number of ether oxygens (including phenoxy) is 1. The first kappa shape index (κ1) is 23.3. The topological polar surface area (TPSA) is 129 Å². The van der Waals surface area contributed by atoms with Crippen LogP contribution in [0.2, 0.25) is 0 Å². The second-order valence-corrected chi connectivity index (χ2v) is 7.40. The van der Waals surface area contributed by atoms with E-state index in [1.54, 1.807) is 17.0 Å². The van der Waals surface area contributed by atoms with Crippen molar-refractivity contribution in [3.05, 3.63) is 24.0 Å². The summed E-state index contributed by atoms with van der Waals surface area (Å²) in [4.78, 5) is 54.3. The monoisotopic (exact) mass is 452 g/mol. The quantitative estimate of drug-likeness (QED) is 0.620. The number of anilines is 2. The van der Waals surface area contributed by atoms with Crippen molar-refractivity contribution in [2.75, 3.05) is 49.1 Å². The number of nitrogens with zero attached hydrogens (tertiary/aromatic N) is 3. The van der Waals surface area contributed by atoms with Crippen LogP contribution in [0.1, 0.15) is 19.8 Å². The summed E-state index contributed by atoms with van der Waals surface area (Å²) in [5.74, 6) is -2.29. The minimum absolute atomic E-state index is 0.128. The first-order valence-corrected chi connectivity index (χ1v) is 10.2. The van der Waals surface area contributed by atoms with Gasteiger partial charge in [0.2, 0.25) is 11.8 Å². The van der Waals surface area contributed by atoms with Crippen molar-refractivity contribution in [1.82, 2.24) is 10.4 Å². The highest BCUT2D eigenvalue weighted by atomic mass is 19.1. The van der Waals surface area contributed by atoms with Crippen molar-refractivity contribution >= 4 is 35.3 Å². The van der Waals surface area contributed by atoms with E-state index in [1.807, 2.05) is 0 Å². The van der Waals surface area contributed by atoms with Crippen LogP contribution in [0.5, 0.6) is 0 Å². The zero-order valence-electron chi connectivity index (χ0n) is 17.6. The normalized spacial score (nSPS) is 18.9. The van der Waals surface area contributed by atoms with Crippen molar-refractivity contribution in [3.8, 4) is 0 Å². The Balaban J connectivity index is 1.61. The van der Waals surface area contributed by atoms with Gasteiger partial charge in [0.15, 0.2) is 0 Å². The van der Waals surface area contributed by atoms with E-state index in [0.717, 1.165) is 5.06 Å². The molecule has 2 saturated heterocycles. The summed E-state index contributed by atoms with van der Waals surface area (Å²) in [7, 11) is 0. The van der Waals surface area contributed by atoms with Crippen LogP contribution in [-0.4, -0.2) is 79.5 Å². The zero-order chi connectivity index (χ0) is 23.3. The average molecular weight is 452 g/mol. The largest absolute Gasteiger partial charge is 0.481 e. The maximum absolute atomic E-state index is 14.9. The lowest BCUT2D eigenvalue weighted by Gasteiger charge is -2.24. The second-order valence-electron chi connectivity index (χ2n) is 7.40. The maximum atomic E-state index is 14.9. The minimum Gasteiger partial charge on any atom is -0.481 e. The Labute approximate surface area is 183 Å². The Morgan fingerprint density at radius 1 is 1.22 bits per heavy atom. The van der Waals surface area contributed by atoms with Crippen LogP contribution in [0.4, 0.5) is 20.6 Å². The van der Waals surface area contributed by atoms with Crippen LogP contribution >= 0.6 is 0 Å². The van der Waals surface area contributed by atoms with Crippen LogP contribution < -0.4 is 15.1 Å². The molecule has 1 aromatic carbocycles. The molecular weight excluding hydrogens is 427 g/mol. The van der Waals surface area contributed by atoms with Gasteiger partial charge >= 0.3 is 12.1 Å². The smallest absolute Gasteiger partial charge is 0.414 e. The molecule has 2 aliphatic heterocycles. The Kier molecular flexibility index (Phi) is 7.46. The van der Waals surface area contributed by atoms with Crippen LogP contribution in [0.15, 0.2) is 18.2 Å². The van der Waals surface area contributed by atoms with Gasteiger partial charge in [0.1, 0.15) is 11.9 Å². The maximum Gasteiger partial charge on any atom is 0.414 e. The summed E-state index contributed by atoms with van der Waals surface area (Å²) in [6.45, 7) is 2.62. The van der Waals surface area contributed by atoms with Gasteiger partial charge in [-0.3, -0.25) is 24.1 Å². The van der Waals surface area contributed by atoms with Crippen LogP contribution in [0.3, 0.4) is 0 Å². The van der Waals surface area contributed by atoms with E-state index in [0.29, 0.717) is 24.5 Å². The van der Waals surface area contributed by atoms with Gasteiger partial charge < -0.3 is 20.1 Å². The lowest BCUT2D eigenvalue weighted by molar-refractivity contribution is -0.182. The Morgan fingerprint density at radius 2 is 2.00 bits per heavy atom. The number of hydroxylamine groups is 2. The molecule has 0 saturated carbocycles. The average Bonchev–Trinajstić information content (AvgIpc) is 2.94. The molecule has 3 rings (SSSR count). The predicted molar refractivity (Wildman–Crippen MR) is 109 cm³/mol. The molecule has 174 valence electrons. The van der Waals surface area contributed by atoms with E-state index in [-0.39, 0.29) is 45.0 Å². The number of amides is 3. The van der Waals surface area contributed by atoms with E-state index >= 15 is 0 Å². The molecule has 1 atom stereocenters. The van der Waals surface area contributed by atoms with Gasteiger partial charge in [-0.25, -0.2) is 14.2 Å². The van der Waals surface area contributed by atoms with Crippen LogP contribution in [-0.2, 0) is 24.0 Å². The molecule has 0 aromatic heterocycles. The van der Waals surface area contributed by atoms with Crippen molar-refractivity contribution in [3.63, 3.8) is 0 Å². The molecule has 11 nitrogen and oxygen atoms in total. The Bertz CT molecular complexity index is 897. The molecule has 0 spiro atoms. The number of aliphatic carboxylic acids is 1. The third kappa shape index (κ3) is 5.84. The highest BCUT2D eigenvalue weighted by Crippen LogP contribution is 2.28. The standard InChI is InChI=1S/C20H25FN4O7/c1-13(26)22-11-15-12-24(20(30)32-15)14-2-3-17(16(21)10-14)23-6-7-25(31-9-8-23)18(27)4-5-19(28)29/h2-3,10,15H,4-9,11-12H2,1H3,(H,22,26)(H,28,29). The molecule has 1 unspecified atom stereocenters. The summed E-state index contributed by atoms with van der Waals surface area (Å²) in [5.41, 5.74) is 0.623. The second kappa shape index (κ2) is 10.3. The van der Waals surface area contributed by atoms with Gasteiger partial charge in [-0.15, -0.1) is 0 Å². The number of carboxylic acid groups (broad SMARTS) is 1. The molecule has 0 aliphatic carbocycles. The molecule has 12 heteroatoms. The number of nitrogens with one attached hydrogen (secondary N) is 1. The van der Waals surface area contributed by atoms with Gasteiger partial charge in [-0.2, -0.15) is 0 Å². The van der Waals surface area contributed by atoms with E-state index < -0.39 is 29.9 Å². The van der Waals surface area contributed by atoms with Crippen molar-refractivity contribution in [2.45, 2.75) is 25.9 Å².